The van der Waals surface area contributed by atoms with E-state index in [1.807, 2.05) is 0 Å². The van der Waals surface area contributed by atoms with Crippen LogP contribution in [0.3, 0.4) is 0 Å². The van der Waals surface area contributed by atoms with Crippen molar-refractivity contribution in [2.45, 2.75) is 12.5 Å². The molecule has 1 aromatic carbocycles. The van der Waals surface area contributed by atoms with Crippen LogP contribution in [-0.4, -0.2) is 36.7 Å². The van der Waals surface area contributed by atoms with Crippen LogP contribution in [0.25, 0.3) is 11.1 Å². The average Bonchev–Trinajstić information content (AvgIpc) is 2.79. The fourth-order valence-electron chi connectivity index (χ4n) is 2.22. The summed E-state index contributed by atoms with van der Waals surface area (Å²) in [5, 5.41) is 6.01. The highest BCUT2D eigenvalue weighted by atomic mass is 16.5. The van der Waals surface area contributed by atoms with Crippen molar-refractivity contribution in [1.29, 1.82) is 0 Å². The maximum atomic E-state index is 11.9. The van der Waals surface area contributed by atoms with Crippen LogP contribution in [0.15, 0.2) is 27.4 Å². The quantitative estimate of drug-likeness (QED) is 0.756. The molecule has 7 nitrogen and oxygen atoms in total. The number of aromatic amines is 1. The summed E-state index contributed by atoms with van der Waals surface area (Å²) in [6.07, 6.45) is 0.347. The fraction of sp³-hybridized carbons (Fsp3) is 0.385. The topological polar surface area (TPSA) is 96.4 Å². The van der Waals surface area contributed by atoms with Gasteiger partial charge < -0.3 is 19.8 Å². The maximum absolute atomic E-state index is 11.9. The van der Waals surface area contributed by atoms with E-state index in [1.165, 1.54) is 0 Å². The van der Waals surface area contributed by atoms with E-state index < -0.39 is 5.76 Å². The molecule has 2 aromatic rings. The molecule has 2 heterocycles. The third kappa shape index (κ3) is 2.89. The predicted molar refractivity (Wildman–Crippen MR) is 72.7 cm³/mol. The number of amides is 1. The van der Waals surface area contributed by atoms with E-state index in [2.05, 4.69) is 15.6 Å². The van der Waals surface area contributed by atoms with Gasteiger partial charge in [0.05, 0.1) is 18.7 Å². The van der Waals surface area contributed by atoms with Gasteiger partial charge in [-0.3, -0.25) is 9.78 Å². The van der Waals surface area contributed by atoms with Crippen LogP contribution in [0.5, 0.6) is 0 Å². The Labute approximate surface area is 114 Å². The number of benzene rings is 1. The highest BCUT2D eigenvalue weighted by molar-refractivity contribution is 5.93. The van der Waals surface area contributed by atoms with Crippen molar-refractivity contribution in [3.63, 3.8) is 0 Å². The van der Waals surface area contributed by atoms with Crippen molar-refractivity contribution < 1.29 is 13.9 Å². The van der Waals surface area contributed by atoms with Crippen LogP contribution in [0.4, 0.5) is 5.69 Å². The Kier molecular flexibility index (Phi) is 3.53. The number of carbonyl (C=O) groups is 1. The Morgan fingerprint density at radius 1 is 1.45 bits per heavy atom. The molecule has 1 aliphatic rings. The Balaban J connectivity index is 1.65. The van der Waals surface area contributed by atoms with Crippen LogP contribution in [0, 0.1) is 0 Å². The number of rotatable bonds is 3. The SMILES string of the molecule is O=C(CC1COCCN1)Nc1ccc2oc(=O)[nH]c2c1. The van der Waals surface area contributed by atoms with Crippen molar-refractivity contribution in [1.82, 2.24) is 10.3 Å². The van der Waals surface area contributed by atoms with Crippen LogP contribution < -0.4 is 16.4 Å². The molecule has 0 spiro atoms. The van der Waals surface area contributed by atoms with Gasteiger partial charge in [0.2, 0.25) is 5.91 Å². The van der Waals surface area contributed by atoms with Crippen molar-refractivity contribution in [3.8, 4) is 0 Å². The summed E-state index contributed by atoms with van der Waals surface area (Å²) in [4.78, 5) is 25.5. The second-order valence-corrected chi connectivity index (χ2v) is 4.70. The van der Waals surface area contributed by atoms with Gasteiger partial charge in [-0.15, -0.1) is 0 Å². The fourth-order valence-corrected chi connectivity index (χ4v) is 2.22. The van der Waals surface area contributed by atoms with Gasteiger partial charge in [0.15, 0.2) is 5.58 Å². The lowest BCUT2D eigenvalue weighted by atomic mass is 10.2. The summed E-state index contributed by atoms with van der Waals surface area (Å²) in [5.41, 5.74) is 1.65. The largest absolute Gasteiger partial charge is 0.417 e. The van der Waals surface area contributed by atoms with Gasteiger partial charge in [-0.25, -0.2) is 4.79 Å². The number of carbonyl (C=O) groups excluding carboxylic acids is 1. The minimum atomic E-state index is -0.507. The van der Waals surface area contributed by atoms with Crippen molar-refractivity contribution in [3.05, 3.63) is 28.7 Å². The minimum absolute atomic E-state index is 0.0428. The highest BCUT2D eigenvalue weighted by Gasteiger charge is 2.17. The standard InChI is InChI=1S/C13H15N3O4/c17-12(6-9-7-19-4-3-14-9)15-8-1-2-11-10(5-8)16-13(18)20-11/h1-2,5,9,14H,3-4,6-7H2,(H,15,17)(H,16,18). The number of aromatic nitrogens is 1. The molecule has 0 bridgehead atoms. The van der Waals surface area contributed by atoms with E-state index in [0.29, 0.717) is 36.4 Å². The number of morpholine rings is 1. The maximum Gasteiger partial charge on any atom is 0.417 e. The Morgan fingerprint density at radius 2 is 2.35 bits per heavy atom. The lowest BCUT2D eigenvalue weighted by Gasteiger charge is -2.23. The number of H-pyrrole nitrogens is 1. The van der Waals surface area contributed by atoms with E-state index >= 15 is 0 Å². The molecule has 1 aromatic heterocycles. The Hall–Kier alpha value is -2.12. The molecule has 20 heavy (non-hydrogen) atoms. The molecule has 1 unspecified atom stereocenters. The number of nitrogens with one attached hydrogen (secondary N) is 3. The van der Waals surface area contributed by atoms with Gasteiger partial charge >= 0.3 is 5.76 Å². The highest BCUT2D eigenvalue weighted by Crippen LogP contribution is 2.16. The van der Waals surface area contributed by atoms with Crippen molar-refractivity contribution in [2.24, 2.45) is 0 Å². The van der Waals surface area contributed by atoms with Crippen LogP contribution in [0.1, 0.15) is 6.42 Å². The molecule has 0 radical (unpaired) electrons. The number of fused-ring (bicyclic) bond motifs is 1. The molecular weight excluding hydrogens is 262 g/mol. The minimum Gasteiger partial charge on any atom is -0.408 e. The zero-order valence-electron chi connectivity index (χ0n) is 10.8. The molecule has 7 heteroatoms. The average molecular weight is 277 g/mol. The van der Waals surface area contributed by atoms with Gasteiger partial charge in [-0.1, -0.05) is 0 Å². The summed E-state index contributed by atoms with van der Waals surface area (Å²) >= 11 is 0. The first kappa shape index (κ1) is 12.9. The lowest BCUT2D eigenvalue weighted by molar-refractivity contribution is -0.117. The number of anilines is 1. The van der Waals surface area contributed by atoms with Crippen LogP contribution in [-0.2, 0) is 9.53 Å². The molecule has 0 saturated carbocycles. The molecule has 1 amide bonds. The molecule has 3 rings (SSSR count). The monoisotopic (exact) mass is 277 g/mol. The van der Waals surface area contributed by atoms with Gasteiger partial charge in [-0.05, 0) is 18.2 Å². The molecule has 0 aliphatic carbocycles. The first-order valence-electron chi connectivity index (χ1n) is 6.44. The number of hydrogen-bond donors (Lipinski definition) is 3. The first-order chi connectivity index (χ1) is 9.70. The Bertz CT molecular complexity index is 670. The van der Waals surface area contributed by atoms with Crippen LogP contribution >= 0.6 is 0 Å². The molecule has 1 fully saturated rings. The van der Waals surface area contributed by atoms with Crippen LogP contribution in [0.2, 0.25) is 0 Å². The van der Waals surface area contributed by atoms with E-state index in [4.69, 9.17) is 9.15 Å². The summed E-state index contributed by atoms with van der Waals surface area (Å²) in [7, 11) is 0. The molecular formula is C13H15N3O4. The van der Waals surface area contributed by atoms with Crippen molar-refractivity contribution >= 4 is 22.7 Å². The lowest BCUT2D eigenvalue weighted by Crippen LogP contribution is -2.43. The van der Waals surface area contributed by atoms with E-state index in [0.717, 1.165) is 6.54 Å². The zero-order chi connectivity index (χ0) is 13.9. The molecule has 1 atom stereocenters. The van der Waals surface area contributed by atoms with E-state index in [1.54, 1.807) is 18.2 Å². The third-order valence-electron chi connectivity index (χ3n) is 3.13. The summed E-state index contributed by atoms with van der Waals surface area (Å²) < 4.78 is 10.2. The summed E-state index contributed by atoms with van der Waals surface area (Å²) in [5.74, 6) is -0.606. The third-order valence-corrected chi connectivity index (χ3v) is 3.13. The smallest absolute Gasteiger partial charge is 0.408 e. The first-order valence-corrected chi connectivity index (χ1v) is 6.44. The molecule has 1 saturated heterocycles. The second-order valence-electron chi connectivity index (χ2n) is 4.70. The number of oxazole rings is 1. The van der Waals surface area contributed by atoms with Gasteiger partial charge in [0.1, 0.15) is 0 Å². The van der Waals surface area contributed by atoms with E-state index in [-0.39, 0.29) is 11.9 Å². The van der Waals surface area contributed by atoms with Crippen molar-refractivity contribution in [2.75, 3.05) is 25.1 Å². The molecule has 3 N–H and O–H groups in total. The number of hydrogen-bond acceptors (Lipinski definition) is 5. The molecule has 106 valence electrons. The van der Waals surface area contributed by atoms with E-state index in [9.17, 15) is 9.59 Å². The van der Waals surface area contributed by atoms with Gasteiger partial charge in [0.25, 0.3) is 0 Å². The normalized spacial score (nSPS) is 19.1. The molecule has 1 aliphatic heterocycles. The van der Waals surface area contributed by atoms with Gasteiger partial charge in [-0.2, -0.15) is 0 Å². The summed E-state index contributed by atoms with van der Waals surface area (Å²) in [6, 6.07) is 5.05. The summed E-state index contributed by atoms with van der Waals surface area (Å²) in [6.45, 7) is 1.99. The number of ether oxygens (including phenoxy) is 1. The van der Waals surface area contributed by atoms with Gasteiger partial charge in [0, 0.05) is 24.7 Å². The Morgan fingerprint density at radius 3 is 3.15 bits per heavy atom. The predicted octanol–water partition coefficient (Wildman–Crippen LogP) is 0.438. The second kappa shape index (κ2) is 5.48. The zero-order valence-corrected chi connectivity index (χ0v) is 10.8.